The number of amides is 2. The van der Waals surface area contributed by atoms with Crippen LogP contribution in [0.3, 0.4) is 0 Å². The zero-order valence-electron chi connectivity index (χ0n) is 17.1. The first-order valence-corrected chi connectivity index (χ1v) is 13.0. The smallest absolute Gasteiger partial charge is 0.262 e. The fourth-order valence-corrected chi connectivity index (χ4v) is 6.02. The van der Waals surface area contributed by atoms with Gasteiger partial charge in [0.05, 0.1) is 28.2 Å². The van der Waals surface area contributed by atoms with Gasteiger partial charge in [-0.15, -0.1) is 0 Å². The molecule has 1 fully saturated rings. The van der Waals surface area contributed by atoms with E-state index in [0.717, 1.165) is 18.2 Å². The highest BCUT2D eigenvalue weighted by molar-refractivity contribution is 7.99. The Morgan fingerprint density at radius 1 is 1.23 bits per heavy atom. The number of hydrogen-bond donors (Lipinski definition) is 2. The van der Waals surface area contributed by atoms with Crippen LogP contribution in [0.4, 0.5) is 0 Å². The van der Waals surface area contributed by atoms with Gasteiger partial charge in [0, 0.05) is 19.0 Å². The lowest BCUT2D eigenvalue weighted by Crippen LogP contribution is -2.36. The number of carbonyl (C=O) groups excluding carboxylic acids is 2. The van der Waals surface area contributed by atoms with E-state index in [2.05, 4.69) is 10.3 Å². The summed E-state index contributed by atoms with van der Waals surface area (Å²) in [5.74, 6) is -0.548. The number of unbranched alkanes of at least 4 members (excludes halogenated alkanes) is 2. The van der Waals surface area contributed by atoms with E-state index >= 15 is 0 Å². The Bertz CT molecular complexity index is 1130. The average Bonchev–Trinajstić information content (AvgIpc) is 3.05. The van der Waals surface area contributed by atoms with Crippen molar-refractivity contribution in [3.8, 4) is 0 Å². The van der Waals surface area contributed by atoms with Crippen LogP contribution in [-0.4, -0.2) is 53.1 Å². The number of sulfone groups is 1. The number of hydrogen-bond acceptors (Lipinski definition) is 7. The lowest BCUT2D eigenvalue weighted by molar-refractivity contribution is -0.119. The van der Waals surface area contributed by atoms with E-state index in [0.29, 0.717) is 48.3 Å². The number of nitrogens with two attached hydrogens (primary N) is 1. The third-order valence-corrected chi connectivity index (χ3v) is 7.81. The Morgan fingerprint density at radius 2 is 2.00 bits per heavy atom. The Morgan fingerprint density at radius 3 is 2.71 bits per heavy atom. The molecule has 1 aromatic heterocycles. The maximum absolute atomic E-state index is 13.0. The summed E-state index contributed by atoms with van der Waals surface area (Å²) in [5, 5.41) is 3.69. The van der Waals surface area contributed by atoms with Crippen molar-refractivity contribution in [2.75, 3.05) is 17.3 Å². The van der Waals surface area contributed by atoms with Gasteiger partial charge in [-0.05, 0) is 31.4 Å². The van der Waals surface area contributed by atoms with Gasteiger partial charge in [-0.25, -0.2) is 13.4 Å². The predicted octanol–water partition coefficient (Wildman–Crippen LogP) is 0.838. The molecule has 1 saturated heterocycles. The fraction of sp³-hybridized carbons (Fsp3) is 0.500. The van der Waals surface area contributed by atoms with Crippen LogP contribution in [0.25, 0.3) is 10.9 Å². The molecule has 1 atom stereocenters. The maximum Gasteiger partial charge on any atom is 0.262 e. The van der Waals surface area contributed by atoms with Gasteiger partial charge in [0.1, 0.15) is 0 Å². The number of fused-ring (bicyclic) bond motifs is 1. The molecule has 3 N–H and O–H groups in total. The number of nitrogens with zero attached hydrogens (tertiary/aromatic N) is 2. The van der Waals surface area contributed by atoms with Gasteiger partial charge in [0.2, 0.25) is 11.8 Å². The lowest BCUT2D eigenvalue weighted by Gasteiger charge is -2.14. The largest absolute Gasteiger partial charge is 0.370 e. The summed E-state index contributed by atoms with van der Waals surface area (Å²) in [4.78, 5) is 40.7. The Labute approximate surface area is 184 Å². The normalized spacial score (nSPS) is 17.6. The number of aromatic nitrogens is 2. The van der Waals surface area contributed by atoms with E-state index in [1.54, 1.807) is 28.8 Å². The molecule has 3 rings (SSSR count). The van der Waals surface area contributed by atoms with Crippen LogP contribution in [0.2, 0.25) is 0 Å². The maximum atomic E-state index is 13.0. The number of primary amides is 1. The van der Waals surface area contributed by atoms with E-state index < -0.39 is 9.84 Å². The van der Waals surface area contributed by atoms with E-state index in [1.807, 2.05) is 0 Å². The number of para-hydroxylation sites is 1. The second kappa shape index (κ2) is 10.3. The van der Waals surface area contributed by atoms with Crippen molar-refractivity contribution in [3.63, 3.8) is 0 Å². The van der Waals surface area contributed by atoms with Gasteiger partial charge in [-0.1, -0.05) is 30.3 Å². The first-order chi connectivity index (χ1) is 14.7. The molecule has 2 amide bonds. The van der Waals surface area contributed by atoms with E-state index in [4.69, 9.17) is 5.73 Å². The third kappa shape index (κ3) is 6.54. The molecule has 2 heterocycles. The SMILES string of the molecule is NC(=O)CCCCCn1c(SCC(=O)NC2CCS(=O)(=O)C2)nc2ccccc2c1=O. The molecule has 31 heavy (non-hydrogen) atoms. The molecule has 1 aliphatic rings. The standard InChI is InChI=1S/C20H26N4O5S2/c21-17(25)8-2-1-5-10-24-19(27)15-6-3-4-7-16(15)23-20(24)30-12-18(26)22-14-9-11-31(28,29)13-14/h3-4,6-7,14H,1-2,5,8-13H2,(H2,21,25)(H,22,26). The van der Waals surface area contributed by atoms with Crippen LogP contribution in [0.1, 0.15) is 32.1 Å². The summed E-state index contributed by atoms with van der Waals surface area (Å²) in [6, 6.07) is 6.68. The first-order valence-electron chi connectivity index (χ1n) is 10.2. The zero-order chi connectivity index (χ0) is 22.4. The third-order valence-electron chi connectivity index (χ3n) is 5.06. The van der Waals surface area contributed by atoms with Gasteiger partial charge >= 0.3 is 0 Å². The number of rotatable bonds is 10. The van der Waals surface area contributed by atoms with Gasteiger partial charge in [-0.3, -0.25) is 19.0 Å². The molecule has 11 heteroatoms. The van der Waals surface area contributed by atoms with Gasteiger partial charge in [0.15, 0.2) is 15.0 Å². The molecular weight excluding hydrogens is 440 g/mol. The quantitative estimate of drug-likeness (QED) is 0.300. The Balaban J connectivity index is 1.69. The summed E-state index contributed by atoms with van der Waals surface area (Å²) < 4.78 is 24.7. The van der Waals surface area contributed by atoms with Crippen molar-refractivity contribution in [3.05, 3.63) is 34.6 Å². The summed E-state index contributed by atoms with van der Waals surface area (Å²) in [6.07, 6.45) is 2.79. The fourth-order valence-electron chi connectivity index (χ4n) is 3.51. The van der Waals surface area contributed by atoms with Crippen LogP contribution < -0.4 is 16.6 Å². The summed E-state index contributed by atoms with van der Waals surface area (Å²) in [7, 11) is -3.07. The van der Waals surface area contributed by atoms with Crippen molar-refractivity contribution < 1.29 is 18.0 Å². The van der Waals surface area contributed by atoms with Crippen LogP contribution in [-0.2, 0) is 26.0 Å². The lowest BCUT2D eigenvalue weighted by atomic mass is 10.2. The molecule has 2 aromatic rings. The van der Waals surface area contributed by atoms with Crippen molar-refractivity contribution in [1.29, 1.82) is 0 Å². The average molecular weight is 467 g/mol. The monoisotopic (exact) mass is 466 g/mol. The molecular formula is C20H26N4O5S2. The van der Waals surface area contributed by atoms with Crippen molar-refractivity contribution in [2.45, 2.75) is 49.8 Å². The molecule has 0 aliphatic carbocycles. The van der Waals surface area contributed by atoms with Crippen molar-refractivity contribution >= 4 is 44.3 Å². The van der Waals surface area contributed by atoms with E-state index in [9.17, 15) is 22.8 Å². The minimum atomic E-state index is -3.07. The summed E-state index contributed by atoms with van der Waals surface area (Å²) in [5.41, 5.74) is 5.54. The topological polar surface area (TPSA) is 141 Å². The molecule has 0 bridgehead atoms. The number of thioether (sulfide) groups is 1. The Kier molecular flexibility index (Phi) is 7.71. The van der Waals surface area contributed by atoms with Gasteiger partial charge < -0.3 is 11.1 Å². The van der Waals surface area contributed by atoms with Crippen molar-refractivity contribution in [2.24, 2.45) is 5.73 Å². The molecule has 168 valence electrons. The molecule has 1 aromatic carbocycles. The molecule has 0 radical (unpaired) electrons. The van der Waals surface area contributed by atoms with Gasteiger partial charge in [-0.2, -0.15) is 0 Å². The van der Waals surface area contributed by atoms with Crippen molar-refractivity contribution in [1.82, 2.24) is 14.9 Å². The number of nitrogens with one attached hydrogen (secondary N) is 1. The van der Waals surface area contributed by atoms with E-state index in [-0.39, 0.29) is 40.7 Å². The first kappa shape index (κ1) is 23.3. The van der Waals surface area contributed by atoms with Crippen LogP contribution in [0.15, 0.2) is 34.2 Å². The summed E-state index contributed by atoms with van der Waals surface area (Å²) in [6.45, 7) is 0.417. The second-order valence-corrected chi connectivity index (χ2v) is 10.8. The Hall–Kier alpha value is -2.40. The van der Waals surface area contributed by atoms with Crippen LogP contribution >= 0.6 is 11.8 Å². The minimum absolute atomic E-state index is 0.0308. The van der Waals surface area contributed by atoms with Crippen LogP contribution in [0, 0.1) is 0 Å². The second-order valence-electron chi connectivity index (χ2n) is 7.60. The van der Waals surface area contributed by atoms with Crippen LogP contribution in [0.5, 0.6) is 0 Å². The minimum Gasteiger partial charge on any atom is -0.370 e. The molecule has 1 unspecified atom stereocenters. The predicted molar refractivity (Wildman–Crippen MR) is 120 cm³/mol. The van der Waals surface area contributed by atoms with E-state index in [1.165, 1.54) is 0 Å². The van der Waals surface area contributed by atoms with Gasteiger partial charge in [0.25, 0.3) is 5.56 Å². The zero-order valence-corrected chi connectivity index (χ0v) is 18.7. The number of benzene rings is 1. The molecule has 1 aliphatic heterocycles. The molecule has 0 spiro atoms. The molecule has 9 nitrogen and oxygen atoms in total. The molecule has 0 saturated carbocycles. The highest BCUT2D eigenvalue weighted by Gasteiger charge is 2.28. The number of carbonyl (C=O) groups is 2. The highest BCUT2D eigenvalue weighted by atomic mass is 32.2. The summed E-state index contributed by atoms with van der Waals surface area (Å²) >= 11 is 1.15. The highest BCUT2D eigenvalue weighted by Crippen LogP contribution is 2.19.